The fourth-order valence-corrected chi connectivity index (χ4v) is 2.44. The van der Waals surface area contributed by atoms with Crippen molar-refractivity contribution in [2.45, 2.75) is 38.6 Å². The van der Waals surface area contributed by atoms with E-state index in [0.717, 1.165) is 25.5 Å². The molecule has 1 fully saturated rings. The Labute approximate surface area is 105 Å². The molecular formula is C14H18F3N. The lowest BCUT2D eigenvalue weighted by Crippen LogP contribution is -2.37. The summed E-state index contributed by atoms with van der Waals surface area (Å²) < 4.78 is 39.7. The van der Waals surface area contributed by atoms with Crippen LogP contribution in [0.15, 0.2) is 12.1 Å². The zero-order valence-electron chi connectivity index (χ0n) is 10.6. The smallest absolute Gasteiger partial charge is 0.194 e. The van der Waals surface area contributed by atoms with Crippen molar-refractivity contribution in [1.29, 1.82) is 0 Å². The maximum atomic E-state index is 13.7. The minimum absolute atomic E-state index is 0.00588. The number of halogens is 3. The van der Waals surface area contributed by atoms with Gasteiger partial charge in [-0.05, 0) is 42.9 Å². The summed E-state index contributed by atoms with van der Waals surface area (Å²) in [7, 11) is 0. The lowest BCUT2D eigenvalue weighted by Gasteiger charge is -2.38. The first-order valence-electron chi connectivity index (χ1n) is 6.37. The van der Waals surface area contributed by atoms with Crippen LogP contribution in [0.1, 0.15) is 38.2 Å². The second kappa shape index (κ2) is 5.31. The molecule has 0 aliphatic heterocycles. The first kappa shape index (κ1) is 13.4. The molecule has 0 aromatic heterocycles. The van der Waals surface area contributed by atoms with E-state index in [-0.39, 0.29) is 5.92 Å². The molecule has 2 rings (SSSR count). The molecule has 0 bridgehead atoms. The van der Waals surface area contributed by atoms with Crippen LogP contribution < -0.4 is 5.32 Å². The molecule has 0 spiro atoms. The molecule has 4 heteroatoms. The number of benzene rings is 1. The summed E-state index contributed by atoms with van der Waals surface area (Å²) in [5.74, 6) is -3.17. The van der Waals surface area contributed by atoms with Crippen molar-refractivity contribution in [3.8, 4) is 0 Å². The van der Waals surface area contributed by atoms with Crippen LogP contribution in [0.25, 0.3) is 0 Å². The first-order valence-corrected chi connectivity index (χ1v) is 6.37. The SMILES string of the molecule is CC(C)NCC1CCC1c1ccc(F)c(F)c1F. The minimum atomic E-state index is -1.35. The molecule has 1 aliphatic carbocycles. The Bertz CT molecular complexity index is 431. The molecule has 1 aromatic carbocycles. The van der Waals surface area contributed by atoms with Gasteiger partial charge >= 0.3 is 0 Å². The summed E-state index contributed by atoms with van der Waals surface area (Å²) >= 11 is 0. The van der Waals surface area contributed by atoms with Crippen LogP contribution in [0.2, 0.25) is 0 Å². The van der Waals surface area contributed by atoms with Gasteiger partial charge in [0.05, 0.1) is 0 Å². The Kier molecular flexibility index (Phi) is 3.95. The Balaban J connectivity index is 2.10. The lowest BCUT2D eigenvalue weighted by atomic mass is 9.69. The summed E-state index contributed by atoms with van der Waals surface area (Å²) in [5.41, 5.74) is 0.315. The molecule has 2 atom stereocenters. The maximum absolute atomic E-state index is 13.7. The Morgan fingerprint density at radius 3 is 2.44 bits per heavy atom. The lowest BCUT2D eigenvalue weighted by molar-refractivity contribution is 0.233. The van der Waals surface area contributed by atoms with Gasteiger partial charge < -0.3 is 5.32 Å². The fraction of sp³-hybridized carbons (Fsp3) is 0.571. The molecule has 1 N–H and O–H groups in total. The van der Waals surface area contributed by atoms with Gasteiger partial charge in [0.15, 0.2) is 17.5 Å². The summed E-state index contributed by atoms with van der Waals surface area (Å²) in [6.07, 6.45) is 1.84. The van der Waals surface area contributed by atoms with Crippen molar-refractivity contribution in [3.63, 3.8) is 0 Å². The molecular weight excluding hydrogens is 239 g/mol. The zero-order valence-corrected chi connectivity index (χ0v) is 10.6. The third-order valence-electron chi connectivity index (χ3n) is 3.67. The molecule has 0 amide bonds. The Morgan fingerprint density at radius 1 is 1.17 bits per heavy atom. The Hall–Kier alpha value is -1.03. The van der Waals surface area contributed by atoms with E-state index in [9.17, 15) is 13.2 Å². The quantitative estimate of drug-likeness (QED) is 0.813. The molecule has 1 nitrogen and oxygen atoms in total. The van der Waals surface area contributed by atoms with Crippen LogP contribution in [0.3, 0.4) is 0 Å². The van der Waals surface area contributed by atoms with Crippen molar-refractivity contribution >= 4 is 0 Å². The van der Waals surface area contributed by atoms with Crippen LogP contribution in [-0.2, 0) is 0 Å². The van der Waals surface area contributed by atoms with E-state index in [1.54, 1.807) is 0 Å². The molecule has 0 heterocycles. The van der Waals surface area contributed by atoms with E-state index in [1.807, 2.05) is 13.8 Å². The highest BCUT2D eigenvalue weighted by molar-refractivity contribution is 5.26. The van der Waals surface area contributed by atoms with Gasteiger partial charge in [-0.15, -0.1) is 0 Å². The van der Waals surface area contributed by atoms with Gasteiger partial charge in [0.2, 0.25) is 0 Å². The number of rotatable bonds is 4. The summed E-state index contributed by atoms with van der Waals surface area (Å²) in [6.45, 7) is 4.89. The molecule has 100 valence electrons. The fourth-order valence-electron chi connectivity index (χ4n) is 2.44. The third kappa shape index (κ3) is 2.53. The van der Waals surface area contributed by atoms with E-state index < -0.39 is 17.5 Å². The van der Waals surface area contributed by atoms with Gasteiger partial charge in [0.1, 0.15) is 0 Å². The van der Waals surface area contributed by atoms with Crippen molar-refractivity contribution in [3.05, 3.63) is 35.1 Å². The van der Waals surface area contributed by atoms with Gasteiger partial charge in [-0.1, -0.05) is 19.9 Å². The highest BCUT2D eigenvalue weighted by Gasteiger charge is 2.34. The predicted molar refractivity (Wildman–Crippen MR) is 64.9 cm³/mol. The van der Waals surface area contributed by atoms with Crippen molar-refractivity contribution in [2.75, 3.05) is 6.54 Å². The molecule has 0 saturated heterocycles. The average molecular weight is 257 g/mol. The summed E-state index contributed by atoms with van der Waals surface area (Å²) in [4.78, 5) is 0. The predicted octanol–water partition coefficient (Wildman–Crippen LogP) is 3.60. The van der Waals surface area contributed by atoms with Crippen LogP contribution in [-0.4, -0.2) is 12.6 Å². The normalized spacial score (nSPS) is 23.2. The van der Waals surface area contributed by atoms with Gasteiger partial charge in [-0.3, -0.25) is 0 Å². The number of nitrogens with one attached hydrogen (secondary N) is 1. The summed E-state index contributed by atoms with van der Waals surface area (Å²) in [5, 5.41) is 3.30. The maximum Gasteiger partial charge on any atom is 0.194 e. The third-order valence-corrected chi connectivity index (χ3v) is 3.67. The number of hydrogen-bond acceptors (Lipinski definition) is 1. The van der Waals surface area contributed by atoms with Gasteiger partial charge in [0.25, 0.3) is 0 Å². The molecule has 0 radical (unpaired) electrons. The van der Waals surface area contributed by atoms with Crippen LogP contribution >= 0.6 is 0 Å². The molecule has 2 unspecified atom stereocenters. The van der Waals surface area contributed by atoms with E-state index in [1.165, 1.54) is 6.07 Å². The first-order chi connectivity index (χ1) is 8.50. The molecule has 18 heavy (non-hydrogen) atoms. The van der Waals surface area contributed by atoms with Crippen molar-refractivity contribution < 1.29 is 13.2 Å². The summed E-state index contributed by atoms with van der Waals surface area (Å²) in [6, 6.07) is 2.76. The molecule has 1 aliphatic rings. The van der Waals surface area contributed by atoms with Crippen LogP contribution in [0, 0.1) is 23.4 Å². The highest BCUT2D eigenvalue weighted by Crippen LogP contribution is 2.43. The van der Waals surface area contributed by atoms with E-state index in [2.05, 4.69) is 5.32 Å². The number of hydrogen-bond donors (Lipinski definition) is 1. The average Bonchev–Trinajstić information content (AvgIpc) is 2.28. The minimum Gasteiger partial charge on any atom is -0.314 e. The highest BCUT2D eigenvalue weighted by atomic mass is 19.2. The van der Waals surface area contributed by atoms with Crippen LogP contribution in [0.5, 0.6) is 0 Å². The van der Waals surface area contributed by atoms with E-state index >= 15 is 0 Å². The van der Waals surface area contributed by atoms with Crippen molar-refractivity contribution in [2.24, 2.45) is 5.92 Å². The second-order valence-corrected chi connectivity index (χ2v) is 5.27. The monoisotopic (exact) mass is 257 g/mol. The zero-order chi connectivity index (χ0) is 13.3. The van der Waals surface area contributed by atoms with Crippen LogP contribution in [0.4, 0.5) is 13.2 Å². The van der Waals surface area contributed by atoms with Gasteiger partial charge in [-0.25, -0.2) is 13.2 Å². The molecule has 1 saturated carbocycles. The van der Waals surface area contributed by atoms with Gasteiger partial charge in [-0.2, -0.15) is 0 Å². The van der Waals surface area contributed by atoms with Crippen molar-refractivity contribution in [1.82, 2.24) is 5.32 Å². The largest absolute Gasteiger partial charge is 0.314 e. The van der Waals surface area contributed by atoms with Gasteiger partial charge in [0, 0.05) is 6.04 Å². The second-order valence-electron chi connectivity index (χ2n) is 5.27. The topological polar surface area (TPSA) is 12.0 Å². The molecule has 1 aromatic rings. The van der Waals surface area contributed by atoms with E-state index in [0.29, 0.717) is 17.5 Å². The standard InChI is InChI=1S/C14H18F3N/c1-8(2)18-7-9-3-4-10(9)11-5-6-12(15)14(17)13(11)16/h5-6,8-10,18H,3-4,7H2,1-2H3. The Morgan fingerprint density at radius 2 is 1.89 bits per heavy atom. The van der Waals surface area contributed by atoms with E-state index in [4.69, 9.17) is 0 Å².